The lowest BCUT2D eigenvalue weighted by Gasteiger charge is -2.15. The molecule has 0 aromatic carbocycles. The number of nitrogens with zero attached hydrogens (tertiary/aromatic N) is 2. The number of halogens is 3. The lowest BCUT2D eigenvalue weighted by Crippen LogP contribution is -2.34. The van der Waals surface area contributed by atoms with Crippen molar-refractivity contribution in [3.63, 3.8) is 0 Å². The Kier molecular flexibility index (Phi) is 6.32. The van der Waals surface area contributed by atoms with Crippen molar-refractivity contribution in [2.75, 3.05) is 0 Å². The first kappa shape index (κ1) is 18.7. The van der Waals surface area contributed by atoms with Crippen LogP contribution in [0.2, 0.25) is 0 Å². The largest absolute Gasteiger partial charge is 0.434 e. The fourth-order valence-corrected chi connectivity index (χ4v) is 1.84. The minimum atomic E-state index is -4.68. The van der Waals surface area contributed by atoms with Gasteiger partial charge in [-0.2, -0.15) is 13.2 Å². The molecule has 0 fully saturated rings. The maximum Gasteiger partial charge on any atom is 0.434 e. The average Bonchev–Trinajstić information content (AvgIpc) is 2.45. The summed E-state index contributed by atoms with van der Waals surface area (Å²) in [6.45, 7) is 5.67. The normalized spacial score (nSPS) is 14.3. The lowest BCUT2D eigenvalue weighted by atomic mass is 10.1. The lowest BCUT2D eigenvalue weighted by molar-refractivity contribution is -0.0961. The first-order valence-electron chi connectivity index (χ1n) is 6.91. The zero-order valence-electron chi connectivity index (χ0n) is 13.1. The van der Waals surface area contributed by atoms with E-state index in [9.17, 15) is 13.2 Å². The molecular weight excluding hydrogens is 307 g/mol. The molecule has 0 atom stereocenters. The highest BCUT2D eigenvalue weighted by Gasteiger charge is 2.36. The van der Waals surface area contributed by atoms with E-state index in [0.717, 1.165) is 0 Å². The van der Waals surface area contributed by atoms with Crippen LogP contribution >= 0.6 is 0 Å². The number of aromatic nitrogens is 1. The van der Waals surface area contributed by atoms with Crippen LogP contribution in [0.4, 0.5) is 13.2 Å². The minimum Gasteiger partial charge on any atom is -0.397 e. The second kappa shape index (κ2) is 7.77. The SMILES string of the molecule is C/C=N\C(=C/C(C)C)c1cc(/C(N)=C(/NN)C(F)(F)F)ccn1. The number of pyridine rings is 1. The van der Waals surface area contributed by atoms with Crippen molar-refractivity contribution in [3.05, 3.63) is 41.4 Å². The Morgan fingerprint density at radius 3 is 2.52 bits per heavy atom. The molecule has 1 heterocycles. The maximum absolute atomic E-state index is 12.9. The van der Waals surface area contributed by atoms with E-state index in [2.05, 4.69) is 9.98 Å². The molecule has 23 heavy (non-hydrogen) atoms. The van der Waals surface area contributed by atoms with E-state index < -0.39 is 17.6 Å². The second-order valence-corrected chi connectivity index (χ2v) is 5.04. The fourth-order valence-electron chi connectivity index (χ4n) is 1.84. The van der Waals surface area contributed by atoms with Crippen molar-refractivity contribution < 1.29 is 13.2 Å². The monoisotopic (exact) mass is 327 g/mol. The van der Waals surface area contributed by atoms with Crippen LogP contribution in [0.25, 0.3) is 11.4 Å². The summed E-state index contributed by atoms with van der Waals surface area (Å²) < 4.78 is 38.6. The third-order valence-corrected chi connectivity index (χ3v) is 2.79. The molecule has 0 spiro atoms. The van der Waals surface area contributed by atoms with E-state index in [1.807, 2.05) is 19.9 Å². The van der Waals surface area contributed by atoms with Gasteiger partial charge >= 0.3 is 6.18 Å². The quantitative estimate of drug-likeness (QED) is 0.441. The van der Waals surface area contributed by atoms with Gasteiger partial charge in [-0.05, 0) is 25.0 Å². The summed E-state index contributed by atoms with van der Waals surface area (Å²) in [7, 11) is 0. The molecule has 8 heteroatoms. The molecule has 0 saturated heterocycles. The van der Waals surface area contributed by atoms with Gasteiger partial charge in [-0.3, -0.25) is 15.8 Å². The van der Waals surface area contributed by atoms with Gasteiger partial charge in [0.2, 0.25) is 0 Å². The Morgan fingerprint density at radius 2 is 2.04 bits per heavy atom. The first-order chi connectivity index (χ1) is 10.7. The van der Waals surface area contributed by atoms with Crippen LogP contribution in [0.15, 0.2) is 35.1 Å². The van der Waals surface area contributed by atoms with Gasteiger partial charge in [0.05, 0.1) is 17.1 Å². The second-order valence-electron chi connectivity index (χ2n) is 5.04. The van der Waals surface area contributed by atoms with E-state index >= 15 is 0 Å². The standard InChI is InChI=1S/C15H20F3N5/c1-4-21-11(7-9(2)3)12-8-10(5-6-22-12)13(19)14(23-20)15(16,17)18/h4-9,23H,19-20H2,1-3H3/b11-7-,14-13-,21-4-. The van der Waals surface area contributed by atoms with Gasteiger partial charge < -0.3 is 11.2 Å². The molecule has 5 N–H and O–H groups in total. The predicted molar refractivity (Wildman–Crippen MR) is 85.7 cm³/mol. The van der Waals surface area contributed by atoms with Crippen LogP contribution in [0.3, 0.4) is 0 Å². The molecule has 1 aromatic rings. The number of allylic oxidation sites excluding steroid dienone is 2. The van der Waals surface area contributed by atoms with Gasteiger partial charge in [0.25, 0.3) is 0 Å². The van der Waals surface area contributed by atoms with Crippen molar-refractivity contribution in [2.24, 2.45) is 22.5 Å². The number of aliphatic imine (C=N–C) groups is 1. The molecule has 1 rings (SSSR count). The predicted octanol–water partition coefficient (Wildman–Crippen LogP) is 2.82. The number of nitrogens with two attached hydrogens (primary N) is 2. The molecular formula is C15H20F3N5. The Hall–Kier alpha value is -2.35. The zero-order valence-corrected chi connectivity index (χ0v) is 13.1. The van der Waals surface area contributed by atoms with Crippen LogP contribution in [0.1, 0.15) is 32.0 Å². The molecule has 0 aliphatic rings. The Balaban J connectivity index is 3.41. The smallest absolute Gasteiger partial charge is 0.397 e. The summed E-state index contributed by atoms with van der Waals surface area (Å²) in [4.78, 5) is 8.35. The molecule has 0 bridgehead atoms. The summed E-state index contributed by atoms with van der Waals surface area (Å²) in [5.41, 5.74) is 6.65. The van der Waals surface area contributed by atoms with Gasteiger partial charge in [0.15, 0.2) is 5.70 Å². The van der Waals surface area contributed by atoms with E-state index in [0.29, 0.717) is 11.4 Å². The van der Waals surface area contributed by atoms with Gasteiger partial charge in [-0.15, -0.1) is 0 Å². The average molecular weight is 327 g/mol. The van der Waals surface area contributed by atoms with Crippen LogP contribution in [-0.2, 0) is 0 Å². The van der Waals surface area contributed by atoms with Gasteiger partial charge in [-0.25, -0.2) is 0 Å². The first-order valence-corrected chi connectivity index (χ1v) is 6.91. The van der Waals surface area contributed by atoms with Crippen LogP contribution < -0.4 is 17.0 Å². The summed E-state index contributed by atoms with van der Waals surface area (Å²) in [6.07, 6.45) is 0.143. The number of nitrogens with one attached hydrogen (secondary N) is 1. The van der Waals surface area contributed by atoms with Crippen molar-refractivity contribution in [3.8, 4) is 0 Å². The van der Waals surface area contributed by atoms with Crippen molar-refractivity contribution in [1.82, 2.24) is 10.4 Å². The minimum absolute atomic E-state index is 0.154. The third-order valence-electron chi connectivity index (χ3n) is 2.79. The maximum atomic E-state index is 12.9. The van der Waals surface area contributed by atoms with E-state index in [-0.39, 0.29) is 11.5 Å². The number of hydrazine groups is 1. The van der Waals surface area contributed by atoms with Gasteiger partial charge in [0, 0.05) is 18.0 Å². The fraction of sp³-hybridized carbons (Fsp3) is 0.333. The molecule has 1 aromatic heterocycles. The number of rotatable bonds is 5. The molecule has 0 radical (unpaired) electrons. The van der Waals surface area contributed by atoms with Crippen molar-refractivity contribution >= 4 is 17.6 Å². The summed E-state index contributed by atoms with van der Waals surface area (Å²) in [5, 5.41) is 0. The number of alkyl halides is 3. The Morgan fingerprint density at radius 1 is 1.39 bits per heavy atom. The number of hydrogen-bond acceptors (Lipinski definition) is 5. The van der Waals surface area contributed by atoms with Gasteiger partial charge in [-0.1, -0.05) is 19.9 Å². The molecule has 126 valence electrons. The molecule has 0 aliphatic carbocycles. The highest BCUT2D eigenvalue weighted by molar-refractivity contribution is 5.74. The summed E-state index contributed by atoms with van der Waals surface area (Å²) in [5.74, 6) is 5.15. The highest BCUT2D eigenvalue weighted by atomic mass is 19.4. The molecule has 0 amide bonds. The van der Waals surface area contributed by atoms with Gasteiger partial charge in [0.1, 0.15) is 0 Å². The third kappa shape index (κ3) is 5.10. The number of hydrogen-bond donors (Lipinski definition) is 3. The summed E-state index contributed by atoms with van der Waals surface area (Å²) in [6, 6.07) is 2.82. The van der Waals surface area contributed by atoms with Crippen molar-refractivity contribution in [2.45, 2.75) is 26.9 Å². The van der Waals surface area contributed by atoms with E-state index in [1.54, 1.807) is 18.6 Å². The molecule has 5 nitrogen and oxygen atoms in total. The Bertz CT molecular complexity index is 630. The molecule has 0 unspecified atom stereocenters. The summed E-state index contributed by atoms with van der Waals surface area (Å²) >= 11 is 0. The Labute approximate surface area is 133 Å². The van der Waals surface area contributed by atoms with E-state index in [1.165, 1.54) is 18.3 Å². The van der Waals surface area contributed by atoms with Crippen molar-refractivity contribution in [1.29, 1.82) is 0 Å². The van der Waals surface area contributed by atoms with E-state index in [4.69, 9.17) is 11.6 Å². The molecule has 0 aliphatic heterocycles. The molecule has 0 saturated carbocycles. The van der Waals surface area contributed by atoms with Crippen LogP contribution in [0, 0.1) is 5.92 Å². The van der Waals surface area contributed by atoms with Crippen LogP contribution in [-0.4, -0.2) is 17.4 Å². The zero-order chi connectivity index (χ0) is 17.6. The topological polar surface area (TPSA) is 89.3 Å². The van der Waals surface area contributed by atoms with Crippen LogP contribution in [0.5, 0.6) is 0 Å². The highest BCUT2D eigenvalue weighted by Crippen LogP contribution is 2.28.